The number of piperazine rings is 1. The van der Waals surface area contributed by atoms with Crippen LogP contribution in [0.2, 0.25) is 0 Å². The number of rotatable bonds is 6. The molecule has 1 aromatic rings. The predicted molar refractivity (Wildman–Crippen MR) is 85.8 cm³/mol. The first-order valence-electron chi connectivity index (χ1n) is 7.74. The van der Waals surface area contributed by atoms with Gasteiger partial charge in [-0.1, -0.05) is 12.1 Å². The average Bonchev–Trinajstić information content (AvgIpc) is 2.54. The summed E-state index contributed by atoms with van der Waals surface area (Å²) in [4.78, 5) is 13.1. The highest BCUT2D eigenvalue weighted by molar-refractivity contribution is 5.72. The highest BCUT2D eigenvalue weighted by Gasteiger charge is 2.18. The molecule has 6 nitrogen and oxygen atoms in total. The Morgan fingerprint density at radius 3 is 2.50 bits per heavy atom. The van der Waals surface area contributed by atoms with Crippen LogP contribution in [0.5, 0.6) is 0 Å². The van der Waals surface area contributed by atoms with E-state index in [1.807, 2.05) is 24.3 Å². The van der Waals surface area contributed by atoms with E-state index in [4.69, 9.17) is 0 Å². The quantitative estimate of drug-likeness (QED) is 0.595. The number of hydrogen-bond donors (Lipinski definition) is 4. The second-order valence-corrected chi connectivity index (χ2v) is 5.61. The first-order chi connectivity index (χ1) is 10.6. The fourth-order valence-corrected chi connectivity index (χ4v) is 2.58. The lowest BCUT2D eigenvalue weighted by Gasteiger charge is -2.29. The molecule has 1 aliphatic heterocycles. The Labute approximate surface area is 131 Å². The molecule has 122 valence electrons. The number of hydrogen-bond acceptors (Lipinski definition) is 5. The number of nitrogens with zero attached hydrogens (tertiary/aromatic N) is 1. The minimum absolute atomic E-state index is 0.137. The number of aliphatic hydroxyl groups excluding tert-OH is 2. The second-order valence-electron chi connectivity index (χ2n) is 5.61. The van der Waals surface area contributed by atoms with E-state index in [9.17, 15) is 15.0 Å². The molecule has 1 saturated heterocycles. The van der Waals surface area contributed by atoms with Crippen molar-refractivity contribution in [2.24, 2.45) is 0 Å². The lowest BCUT2D eigenvalue weighted by atomic mass is 10.0. The van der Waals surface area contributed by atoms with Crippen LogP contribution >= 0.6 is 0 Å². The van der Waals surface area contributed by atoms with Crippen LogP contribution in [0.15, 0.2) is 24.3 Å². The number of aliphatic hydroxyl groups is 2. The molecule has 6 heteroatoms. The van der Waals surface area contributed by atoms with Gasteiger partial charge in [0.15, 0.2) is 0 Å². The van der Waals surface area contributed by atoms with Crippen LogP contribution in [0, 0.1) is 0 Å². The molecule has 2 rings (SSSR count). The smallest absolute Gasteiger partial charge is 0.216 e. The summed E-state index contributed by atoms with van der Waals surface area (Å²) in [6.45, 7) is 5.69. The van der Waals surface area contributed by atoms with E-state index in [0.717, 1.165) is 31.9 Å². The largest absolute Gasteiger partial charge is 0.390 e. The molecule has 22 heavy (non-hydrogen) atoms. The van der Waals surface area contributed by atoms with Gasteiger partial charge in [0.25, 0.3) is 0 Å². The molecule has 0 saturated carbocycles. The summed E-state index contributed by atoms with van der Waals surface area (Å²) in [6, 6.07) is 7.65. The lowest BCUT2D eigenvalue weighted by molar-refractivity contribution is -0.119. The van der Waals surface area contributed by atoms with Crippen LogP contribution in [0.1, 0.15) is 25.0 Å². The SMILES string of the molecule is CC(=O)NCCC(O)C(O)c1ccc(N2CCNCC2)cc1. The molecule has 0 spiro atoms. The van der Waals surface area contributed by atoms with Gasteiger partial charge < -0.3 is 25.7 Å². The Hall–Kier alpha value is -1.63. The molecule has 0 aromatic heterocycles. The van der Waals surface area contributed by atoms with Crippen molar-refractivity contribution in [3.63, 3.8) is 0 Å². The Balaban J connectivity index is 1.89. The Kier molecular flexibility index (Phi) is 6.18. The van der Waals surface area contributed by atoms with E-state index in [1.165, 1.54) is 6.92 Å². The molecule has 2 unspecified atom stereocenters. The van der Waals surface area contributed by atoms with Crippen molar-refractivity contribution >= 4 is 11.6 Å². The van der Waals surface area contributed by atoms with Crippen LogP contribution in [0.25, 0.3) is 0 Å². The Morgan fingerprint density at radius 2 is 1.91 bits per heavy atom. The van der Waals surface area contributed by atoms with Gasteiger partial charge in [0.2, 0.25) is 5.91 Å². The zero-order valence-corrected chi connectivity index (χ0v) is 13.0. The molecule has 1 fully saturated rings. The summed E-state index contributed by atoms with van der Waals surface area (Å²) >= 11 is 0. The van der Waals surface area contributed by atoms with Crippen molar-refractivity contribution in [2.75, 3.05) is 37.6 Å². The third-order valence-electron chi connectivity index (χ3n) is 3.90. The van der Waals surface area contributed by atoms with Crippen molar-refractivity contribution in [3.05, 3.63) is 29.8 Å². The van der Waals surface area contributed by atoms with Gasteiger partial charge in [-0.2, -0.15) is 0 Å². The van der Waals surface area contributed by atoms with Crippen molar-refractivity contribution < 1.29 is 15.0 Å². The Bertz CT molecular complexity index is 472. The fourth-order valence-electron chi connectivity index (χ4n) is 2.58. The first kappa shape index (κ1) is 16.7. The summed E-state index contributed by atoms with van der Waals surface area (Å²) in [5.41, 5.74) is 1.82. The van der Waals surface area contributed by atoms with Gasteiger partial charge in [-0.15, -0.1) is 0 Å². The number of nitrogens with one attached hydrogen (secondary N) is 2. The number of benzene rings is 1. The van der Waals surface area contributed by atoms with Crippen molar-refractivity contribution in [2.45, 2.75) is 25.6 Å². The van der Waals surface area contributed by atoms with Crippen LogP contribution in [-0.2, 0) is 4.79 Å². The molecule has 1 aromatic carbocycles. The first-order valence-corrected chi connectivity index (χ1v) is 7.74. The third-order valence-corrected chi connectivity index (χ3v) is 3.90. The van der Waals surface area contributed by atoms with Crippen molar-refractivity contribution in [1.29, 1.82) is 0 Å². The van der Waals surface area contributed by atoms with E-state index in [-0.39, 0.29) is 5.91 Å². The fraction of sp³-hybridized carbons (Fsp3) is 0.562. The van der Waals surface area contributed by atoms with E-state index >= 15 is 0 Å². The Morgan fingerprint density at radius 1 is 1.27 bits per heavy atom. The maximum Gasteiger partial charge on any atom is 0.216 e. The maximum absolute atomic E-state index is 10.8. The summed E-state index contributed by atoms with van der Waals surface area (Å²) in [5.74, 6) is -0.137. The summed E-state index contributed by atoms with van der Waals surface area (Å²) in [5, 5.41) is 26.1. The topological polar surface area (TPSA) is 84.8 Å². The standard InChI is InChI=1S/C16H25N3O3/c1-12(20)18-7-6-15(21)16(22)13-2-4-14(5-3-13)19-10-8-17-9-11-19/h2-5,15-17,21-22H,6-11H2,1H3,(H,18,20). The molecular formula is C16H25N3O3. The summed E-state index contributed by atoms with van der Waals surface area (Å²) < 4.78 is 0. The number of carbonyl (C=O) groups excluding carboxylic acids is 1. The average molecular weight is 307 g/mol. The molecule has 4 N–H and O–H groups in total. The van der Waals surface area contributed by atoms with Crippen LogP contribution in [0.3, 0.4) is 0 Å². The summed E-state index contributed by atoms with van der Waals surface area (Å²) in [7, 11) is 0. The van der Waals surface area contributed by atoms with E-state index in [1.54, 1.807) is 0 Å². The van der Waals surface area contributed by atoms with Crippen molar-refractivity contribution in [3.8, 4) is 0 Å². The zero-order valence-electron chi connectivity index (χ0n) is 13.0. The monoisotopic (exact) mass is 307 g/mol. The summed E-state index contributed by atoms with van der Waals surface area (Å²) in [6.07, 6.45) is -1.51. The van der Waals surface area contributed by atoms with Gasteiger partial charge in [-0.05, 0) is 24.1 Å². The molecule has 1 amide bonds. The molecule has 1 heterocycles. The predicted octanol–water partition coefficient (Wildman–Crippen LogP) is 0.0167. The van der Waals surface area contributed by atoms with E-state index in [0.29, 0.717) is 18.5 Å². The number of carbonyl (C=O) groups is 1. The van der Waals surface area contributed by atoms with Gasteiger partial charge in [0.1, 0.15) is 6.10 Å². The highest BCUT2D eigenvalue weighted by Crippen LogP contribution is 2.22. The minimum atomic E-state index is -0.939. The van der Waals surface area contributed by atoms with Gasteiger partial charge >= 0.3 is 0 Å². The third kappa shape index (κ3) is 4.69. The van der Waals surface area contributed by atoms with Gasteiger partial charge in [0, 0.05) is 45.3 Å². The maximum atomic E-state index is 10.8. The lowest BCUT2D eigenvalue weighted by Crippen LogP contribution is -2.43. The van der Waals surface area contributed by atoms with Crippen molar-refractivity contribution in [1.82, 2.24) is 10.6 Å². The highest BCUT2D eigenvalue weighted by atomic mass is 16.3. The van der Waals surface area contributed by atoms with Gasteiger partial charge in [-0.25, -0.2) is 0 Å². The zero-order chi connectivity index (χ0) is 15.9. The number of anilines is 1. The van der Waals surface area contributed by atoms with Gasteiger partial charge in [-0.3, -0.25) is 4.79 Å². The molecule has 2 atom stereocenters. The van der Waals surface area contributed by atoms with Crippen LogP contribution in [0.4, 0.5) is 5.69 Å². The number of amides is 1. The van der Waals surface area contributed by atoms with E-state index < -0.39 is 12.2 Å². The van der Waals surface area contributed by atoms with Gasteiger partial charge in [0.05, 0.1) is 6.10 Å². The molecule has 0 radical (unpaired) electrons. The second kappa shape index (κ2) is 8.12. The van der Waals surface area contributed by atoms with E-state index in [2.05, 4.69) is 15.5 Å². The van der Waals surface area contributed by atoms with Crippen LogP contribution in [-0.4, -0.2) is 54.9 Å². The normalized spacial score (nSPS) is 17.9. The molecule has 1 aliphatic rings. The molecule has 0 aliphatic carbocycles. The minimum Gasteiger partial charge on any atom is -0.390 e. The van der Waals surface area contributed by atoms with Crippen LogP contribution < -0.4 is 15.5 Å². The molecule has 0 bridgehead atoms. The molecular weight excluding hydrogens is 282 g/mol.